The Hall–Kier alpha value is -0.400. The maximum absolute atomic E-state index is 10.6. The summed E-state index contributed by atoms with van der Waals surface area (Å²) in [6.45, 7) is 4.15. The van der Waals surface area contributed by atoms with Gasteiger partial charge >= 0.3 is 0 Å². The first-order valence-electron chi connectivity index (χ1n) is 9.96. The van der Waals surface area contributed by atoms with Crippen LogP contribution in [0.2, 0.25) is 0 Å². The average molecular weight is 409 g/mol. The van der Waals surface area contributed by atoms with Crippen LogP contribution in [0.15, 0.2) is 0 Å². The van der Waals surface area contributed by atoms with E-state index in [1.165, 1.54) is 6.92 Å². The molecule has 2 aliphatic rings. The Morgan fingerprint density at radius 3 is 2.00 bits per heavy atom. The number of rotatable bonds is 9. The molecule has 7 N–H and O–H groups in total. The lowest BCUT2D eigenvalue weighted by molar-refractivity contribution is -0.354. The summed E-state index contributed by atoms with van der Waals surface area (Å²) >= 11 is 0. The number of aliphatic hydroxyl groups excluding tert-OH is 5. The Kier molecular flexibility index (Phi) is 9.48. The molecular formula is C18H35NO9. The highest BCUT2D eigenvalue weighted by molar-refractivity contribution is 4.92. The summed E-state index contributed by atoms with van der Waals surface area (Å²) < 4.78 is 22.1. The first-order chi connectivity index (χ1) is 13.3. The van der Waals surface area contributed by atoms with Gasteiger partial charge in [0.2, 0.25) is 0 Å². The van der Waals surface area contributed by atoms with Crippen molar-refractivity contribution in [3.8, 4) is 0 Å². The summed E-state index contributed by atoms with van der Waals surface area (Å²) in [4.78, 5) is 0. The van der Waals surface area contributed by atoms with E-state index in [1.807, 2.05) is 0 Å². The van der Waals surface area contributed by atoms with Gasteiger partial charge in [-0.2, -0.15) is 0 Å². The predicted octanol–water partition coefficient (Wildman–Crippen LogP) is -1.80. The van der Waals surface area contributed by atoms with Gasteiger partial charge < -0.3 is 50.2 Å². The molecule has 0 aromatic rings. The third-order valence-electron chi connectivity index (χ3n) is 5.26. The molecule has 2 rings (SSSR count). The van der Waals surface area contributed by atoms with Gasteiger partial charge in [-0.05, 0) is 33.2 Å². The molecule has 0 radical (unpaired) electrons. The van der Waals surface area contributed by atoms with E-state index in [-0.39, 0.29) is 0 Å². The molecule has 0 saturated carbocycles. The van der Waals surface area contributed by atoms with Crippen molar-refractivity contribution in [3.63, 3.8) is 0 Å². The van der Waals surface area contributed by atoms with Crippen LogP contribution in [0.5, 0.6) is 0 Å². The van der Waals surface area contributed by atoms with E-state index in [9.17, 15) is 25.5 Å². The Morgan fingerprint density at radius 2 is 1.32 bits per heavy atom. The quantitative estimate of drug-likeness (QED) is 0.239. The molecule has 10 heteroatoms. The highest BCUT2D eigenvalue weighted by atomic mass is 16.7. The van der Waals surface area contributed by atoms with Crippen molar-refractivity contribution in [2.45, 2.75) is 101 Å². The van der Waals surface area contributed by atoms with E-state index in [2.05, 4.69) is 0 Å². The summed E-state index contributed by atoms with van der Waals surface area (Å²) in [7, 11) is 0. The lowest BCUT2D eigenvalue weighted by Gasteiger charge is -2.45. The molecule has 28 heavy (non-hydrogen) atoms. The van der Waals surface area contributed by atoms with Gasteiger partial charge in [0.15, 0.2) is 12.6 Å². The van der Waals surface area contributed by atoms with Crippen LogP contribution in [0.4, 0.5) is 0 Å². The molecule has 0 aromatic carbocycles. The minimum absolute atomic E-state index is 0.367. The van der Waals surface area contributed by atoms with E-state index in [0.717, 1.165) is 25.7 Å². The average Bonchev–Trinajstić information content (AvgIpc) is 2.67. The van der Waals surface area contributed by atoms with Crippen LogP contribution in [0.25, 0.3) is 0 Å². The fourth-order valence-corrected chi connectivity index (χ4v) is 3.38. The Bertz CT molecular complexity index is 457. The van der Waals surface area contributed by atoms with E-state index >= 15 is 0 Å². The van der Waals surface area contributed by atoms with Crippen LogP contribution in [0, 0.1) is 0 Å². The van der Waals surface area contributed by atoms with Crippen LogP contribution >= 0.6 is 0 Å². The molecular weight excluding hydrogens is 374 g/mol. The van der Waals surface area contributed by atoms with Gasteiger partial charge in [-0.3, -0.25) is 0 Å². The van der Waals surface area contributed by atoms with Gasteiger partial charge in [-0.15, -0.1) is 0 Å². The molecule has 10 unspecified atom stereocenters. The molecule has 2 saturated heterocycles. The second-order valence-electron chi connectivity index (χ2n) is 7.55. The third-order valence-corrected chi connectivity index (χ3v) is 5.26. The van der Waals surface area contributed by atoms with E-state index < -0.39 is 61.4 Å². The number of nitrogens with two attached hydrogens (primary N) is 1. The molecule has 0 aliphatic carbocycles. The first kappa shape index (κ1) is 23.9. The molecule has 166 valence electrons. The second-order valence-corrected chi connectivity index (χ2v) is 7.55. The zero-order valence-corrected chi connectivity index (χ0v) is 16.5. The maximum Gasteiger partial charge on any atom is 0.187 e. The predicted molar refractivity (Wildman–Crippen MR) is 97.1 cm³/mol. The van der Waals surface area contributed by atoms with Crippen LogP contribution < -0.4 is 5.73 Å². The minimum atomic E-state index is -1.54. The van der Waals surface area contributed by atoms with Crippen molar-refractivity contribution in [2.24, 2.45) is 5.73 Å². The van der Waals surface area contributed by atoms with Gasteiger partial charge in [-0.25, -0.2) is 0 Å². The van der Waals surface area contributed by atoms with E-state index in [1.54, 1.807) is 6.92 Å². The van der Waals surface area contributed by atoms with Crippen LogP contribution in [0.1, 0.15) is 39.5 Å². The molecule has 2 heterocycles. The van der Waals surface area contributed by atoms with Gasteiger partial charge in [-0.1, -0.05) is 12.8 Å². The Labute approximate surface area is 165 Å². The lowest BCUT2D eigenvalue weighted by Crippen LogP contribution is -2.63. The summed E-state index contributed by atoms with van der Waals surface area (Å²) in [5.41, 5.74) is 5.45. The fourth-order valence-electron chi connectivity index (χ4n) is 3.38. The maximum atomic E-state index is 10.6. The molecule has 0 amide bonds. The molecule has 2 aliphatic heterocycles. The van der Waals surface area contributed by atoms with Crippen molar-refractivity contribution < 1.29 is 44.5 Å². The SMILES string of the molecule is CC1OC(OC2C(O)C(C)OC(OCCCCCCN)C2O)C(O)C(O)C1O. The molecule has 0 aromatic heterocycles. The fraction of sp³-hybridized carbons (Fsp3) is 1.00. The molecule has 10 atom stereocenters. The molecule has 0 spiro atoms. The normalized spacial score (nSPS) is 44.6. The molecule has 0 bridgehead atoms. The number of unbranched alkanes of at least 4 members (excludes halogenated alkanes) is 3. The number of hydrogen-bond acceptors (Lipinski definition) is 10. The van der Waals surface area contributed by atoms with Gasteiger partial charge in [0.05, 0.1) is 12.2 Å². The smallest absolute Gasteiger partial charge is 0.187 e. The van der Waals surface area contributed by atoms with Crippen LogP contribution in [-0.2, 0) is 18.9 Å². The van der Waals surface area contributed by atoms with Crippen molar-refractivity contribution in [2.75, 3.05) is 13.2 Å². The number of hydrogen-bond donors (Lipinski definition) is 6. The summed E-state index contributed by atoms with van der Waals surface area (Å²) in [6.07, 6.45) is -8.13. The van der Waals surface area contributed by atoms with Crippen LogP contribution in [0.3, 0.4) is 0 Å². The Morgan fingerprint density at radius 1 is 0.714 bits per heavy atom. The molecule has 10 nitrogen and oxygen atoms in total. The van der Waals surface area contributed by atoms with Crippen molar-refractivity contribution in [1.82, 2.24) is 0 Å². The number of ether oxygens (including phenoxy) is 4. The monoisotopic (exact) mass is 409 g/mol. The Balaban J connectivity index is 1.92. The van der Waals surface area contributed by atoms with Crippen molar-refractivity contribution in [3.05, 3.63) is 0 Å². The van der Waals surface area contributed by atoms with Gasteiger partial charge in [0.1, 0.15) is 36.6 Å². The number of aliphatic hydroxyl groups is 5. The minimum Gasteiger partial charge on any atom is -0.388 e. The van der Waals surface area contributed by atoms with Crippen molar-refractivity contribution in [1.29, 1.82) is 0 Å². The van der Waals surface area contributed by atoms with E-state index in [4.69, 9.17) is 24.7 Å². The highest BCUT2D eigenvalue weighted by Crippen LogP contribution is 2.29. The first-order valence-corrected chi connectivity index (χ1v) is 9.96. The van der Waals surface area contributed by atoms with E-state index in [0.29, 0.717) is 13.2 Å². The highest BCUT2D eigenvalue weighted by Gasteiger charge is 2.49. The largest absolute Gasteiger partial charge is 0.388 e. The second kappa shape index (κ2) is 11.1. The summed E-state index contributed by atoms with van der Waals surface area (Å²) in [6, 6.07) is 0. The summed E-state index contributed by atoms with van der Waals surface area (Å²) in [5, 5.41) is 50.7. The van der Waals surface area contributed by atoms with Crippen molar-refractivity contribution >= 4 is 0 Å². The standard InChI is InChI=1S/C18H35NO9/c1-9-11(20)13(22)14(23)18(27-9)28-16-12(21)10(2)26-17(15(16)24)25-8-6-4-3-5-7-19/h9-18,20-24H,3-8,19H2,1-2H3. The zero-order valence-electron chi connectivity index (χ0n) is 16.5. The summed E-state index contributed by atoms with van der Waals surface area (Å²) in [5.74, 6) is 0. The lowest BCUT2D eigenvalue weighted by atomic mass is 9.97. The third kappa shape index (κ3) is 5.82. The van der Waals surface area contributed by atoms with Gasteiger partial charge in [0.25, 0.3) is 0 Å². The van der Waals surface area contributed by atoms with Crippen LogP contribution in [-0.4, -0.2) is 100 Å². The topological polar surface area (TPSA) is 164 Å². The molecule has 2 fully saturated rings. The zero-order chi connectivity index (χ0) is 20.8. The van der Waals surface area contributed by atoms with Gasteiger partial charge in [0, 0.05) is 6.61 Å².